The summed E-state index contributed by atoms with van der Waals surface area (Å²) in [5.41, 5.74) is 4.62. The lowest BCUT2D eigenvalue weighted by Crippen LogP contribution is -2.22. The van der Waals surface area contributed by atoms with Crippen LogP contribution in [0, 0.1) is 0 Å². The van der Waals surface area contributed by atoms with Crippen LogP contribution < -0.4 is 0 Å². The van der Waals surface area contributed by atoms with Gasteiger partial charge < -0.3 is 4.74 Å². The Morgan fingerprint density at radius 3 is 2.43 bits per heavy atom. The number of hydrogen-bond donors (Lipinski definition) is 0. The molecule has 1 aromatic rings. The molecule has 2 nitrogen and oxygen atoms in total. The van der Waals surface area contributed by atoms with E-state index >= 15 is 0 Å². The monoisotopic (exact) mass is 300 g/mol. The molecular weight excluding hydrogens is 276 g/mol. The molecule has 112 valence electrons. The van der Waals surface area contributed by atoms with Gasteiger partial charge in [0.05, 0.1) is 14.7 Å². The summed E-state index contributed by atoms with van der Waals surface area (Å²) >= 11 is 0. The van der Waals surface area contributed by atoms with Crippen molar-refractivity contribution in [1.29, 1.82) is 0 Å². The average molecular weight is 300 g/mol. The average Bonchev–Trinajstić information content (AvgIpc) is 2.42. The molecule has 0 amide bonds. The van der Waals surface area contributed by atoms with Crippen LogP contribution in [0.5, 0.6) is 0 Å². The van der Waals surface area contributed by atoms with Gasteiger partial charge in [0, 0.05) is 6.08 Å². The second-order valence-corrected chi connectivity index (χ2v) is 10.8. The summed E-state index contributed by atoms with van der Waals surface area (Å²) in [6.45, 7) is 8.92. The zero-order chi connectivity index (χ0) is 15.7. The van der Waals surface area contributed by atoms with Gasteiger partial charge in [-0.1, -0.05) is 50.0 Å². The van der Waals surface area contributed by atoms with Crippen molar-refractivity contribution in [3.05, 3.63) is 65.1 Å². The molecule has 0 spiro atoms. The van der Waals surface area contributed by atoms with E-state index in [4.69, 9.17) is 4.74 Å². The Labute approximate surface area is 128 Å². The Hall–Kier alpha value is -1.83. The highest BCUT2D eigenvalue weighted by atomic mass is 28.3. The number of esters is 1. The maximum Gasteiger partial charge on any atom is 0.330 e. The molecule has 0 bridgehead atoms. The molecule has 0 saturated heterocycles. The number of ether oxygens (including phenoxy) is 1. The molecule has 0 aliphatic carbocycles. The van der Waals surface area contributed by atoms with Crippen molar-refractivity contribution < 1.29 is 9.53 Å². The van der Waals surface area contributed by atoms with Crippen molar-refractivity contribution in [1.82, 2.24) is 0 Å². The fourth-order valence-electron chi connectivity index (χ4n) is 1.75. The highest BCUT2D eigenvalue weighted by molar-refractivity contribution is 6.83. The Balaban J connectivity index is 2.87. The van der Waals surface area contributed by atoms with Crippen molar-refractivity contribution in [2.45, 2.75) is 33.0 Å². The van der Waals surface area contributed by atoms with Gasteiger partial charge >= 0.3 is 5.97 Å². The molecule has 0 N–H and O–H groups in total. The number of carbonyl (C=O) groups excluding carboxylic acids is 1. The molecule has 3 heteroatoms. The molecular formula is C18H24O2Si. The lowest BCUT2D eigenvalue weighted by molar-refractivity contribution is -0.137. The van der Waals surface area contributed by atoms with Crippen molar-refractivity contribution in [3.8, 4) is 0 Å². The maximum absolute atomic E-state index is 11.4. The zero-order valence-corrected chi connectivity index (χ0v) is 14.3. The summed E-state index contributed by atoms with van der Waals surface area (Å²) in [5, 5.41) is 1.12. The van der Waals surface area contributed by atoms with E-state index < -0.39 is 8.07 Å². The van der Waals surface area contributed by atoms with E-state index in [-0.39, 0.29) is 5.97 Å². The van der Waals surface area contributed by atoms with Crippen LogP contribution in [-0.4, -0.2) is 20.7 Å². The van der Waals surface area contributed by atoms with Crippen molar-refractivity contribution in [2.24, 2.45) is 0 Å². The van der Waals surface area contributed by atoms with E-state index in [2.05, 4.69) is 37.5 Å². The molecule has 0 aliphatic rings. The van der Waals surface area contributed by atoms with Gasteiger partial charge in [0.1, 0.15) is 0 Å². The summed E-state index contributed by atoms with van der Waals surface area (Å²) in [7, 11) is -1.53. The first-order valence-electron chi connectivity index (χ1n) is 7.28. The number of rotatable bonds is 6. The minimum atomic E-state index is -1.53. The number of allylic oxidation sites excluding steroid dienone is 2. The lowest BCUT2D eigenvalue weighted by Gasteiger charge is -2.15. The summed E-state index contributed by atoms with van der Waals surface area (Å²) < 4.78 is 4.92. The fraction of sp³-hybridized carbons (Fsp3) is 0.333. The lowest BCUT2D eigenvalue weighted by atomic mass is 10.1. The quantitative estimate of drug-likeness (QED) is 0.257. The minimum absolute atomic E-state index is 0.293. The summed E-state index contributed by atoms with van der Waals surface area (Å²) in [6.07, 6.45) is 6.24. The number of carbonyl (C=O) groups is 1. The third kappa shape index (κ3) is 6.93. The molecule has 0 atom stereocenters. The molecule has 0 aromatic heterocycles. The largest absolute Gasteiger partial charge is 0.463 e. The SMILES string of the molecule is CCOC(=O)/C=C/C(=C=CCc1ccccc1)[Si](C)(C)C. The van der Waals surface area contributed by atoms with Crippen molar-refractivity contribution in [3.63, 3.8) is 0 Å². The van der Waals surface area contributed by atoms with E-state index in [0.717, 1.165) is 11.6 Å². The Kier molecular flexibility index (Phi) is 6.93. The summed E-state index contributed by atoms with van der Waals surface area (Å²) in [4.78, 5) is 11.4. The third-order valence-corrected chi connectivity index (χ3v) is 4.85. The summed E-state index contributed by atoms with van der Waals surface area (Å²) in [5.74, 6) is -0.293. The molecule has 0 aliphatic heterocycles. The first-order chi connectivity index (χ1) is 9.93. The van der Waals surface area contributed by atoms with Crippen LogP contribution in [0.15, 0.2) is 59.5 Å². The molecule has 21 heavy (non-hydrogen) atoms. The molecule has 0 saturated carbocycles. The van der Waals surface area contributed by atoms with Gasteiger partial charge in [0.15, 0.2) is 0 Å². The van der Waals surface area contributed by atoms with E-state index in [9.17, 15) is 4.79 Å². The van der Waals surface area contributed by atoms with Crippen LogP contribution in [-0.2, 0) is 16.0 Å². The van der Waals surface area contributed by atoms with Gasteiger partial charge in [-0.2, -0.15) is 0 Å². The van der Waals surface area contributed by atoms with Crippen LogP contribution in [0.2, 0.25) is 19.6 Å². The highest BCUT2D eigenvalue weighted by Gasteiger charge is 2.17. The number of benzene rings is 1. The summed E-state index contributed by atoms with van der Waals surface area (Å²) in [6, 6.07) is 10.3. The highest BCUT2D eigenvalue weighted by Crippen LogP contribution is 2.15. The van der Waals surface area contributed by atoms with Crippen molar-refractivity contribution in [2.75, 3.05) is 6.61 Å². The normalized spacial score (nSPS) is 11.0. The molecule has 0 radical (unpaired) electrons. The van der Waals surface area contributed by atoms with Crippen LogP contribution in [0.1, 0.15) is 12.5 Å². The van der Waals surface area contributed by atoms with Crippen LogP contribution in [0.25, 0.3) is 0 Å². The Morgan fingerprint density at radius 2 is 1.86 bits per heavy atom. The van der Waals surface area contributed by atoms with E-state index in [0.29, 0.717) is 6.61 Å². The zero-order valence-electron chi connectivity index (χ0n) is 13.3. The smallest absolute Gasteiger partial charge is 0.330 e. The minimum Gasteiger partial charge on any atom is -0.463 e. The van der Waals surface area contributed by atoms with Gasteiger partial charge in [0.25, 0.3) is 0 Å². The van der Waals surface area contributed by atoms with Crippen LogP contribution >= 0.6 is 0 Å². The van der Waals surface area contributed by atoms with Gasteiger partial charge in [-0.05, 0) is 36.3 Å². The first-order valence-corrected chi connectivity index (χ1v) is 10.8. The second-order valence-electron chi connectivity index (χ2n) is 5.79. The topological polar surface area (TPSA) is 26.3 Å². The fourth-order valence-corrected chi connectivity index (χ4v) is 2.87. The second kappa shape index (κ2) is 8.45. The predicted molar refractivity (Wildman–Crippen MR) is 90.9 cm³/mol. The Bertz CT molecular complexity index is 544. The van der Waals surface area contributed by atoms with E-state index in [1.807, 2.05) is 30.4 Å². The number of hydrogen-bond acceptors (Lipinski definition) is 2. The molecule has 0 heterocycles. The van der Waals surface area contributed by atoms with Crippen molar-refractivity contribution >= 4 is 14.0 Å². The molecule has 1 aromatic carbocycles. The maximum atomic E-state index is 11.4. The van der Waals surface area contributed by atoms with Gasteiger partial charge in [0.2, 0.25) is 0 Å². The standard InChI is InChI=1S/C18H24O2Si/c1-5-20-18(19)15-14-17(21(2,3)4)13-9-12-16-10-7-6-8-11-16/h6-11,14-15H,5,12H2,1-4H3/b15-14+. The first kappa shape index (κ1) is 17.2. The van der Waals surface area contributed by atoms with Gasteiger partial charge in [-0.3, -0.25) is 0 Å². The van der Waals surface area contributed by atoms with Gasteiger partial charge in [-0.25, -0.2) is 4.79 Å². The van der Waals surface area contributed by atoms with Gasteiger partial charge in [-0.15, -0.1) is 5.73 Å². The van der Waals surface area contributed by atoms with E-state index in [1.54, 1.807) is 6.92 Å². The molecule has 0 fully saturated rings. The molecule has 0 unspecified atom stereocenters. The van der Waals surface area contributed by atoms with Crippen LogP contribution in [0.3, 0.4) is 0 Å². The van der Waals surface area contributed by atoms with E-state index in [1.165, 1.54) is 11.6 Å². The Morgan fingerprint density at radius 1 is 1.19 bits per heavy atom. The molecule has 1 rings (SSSR count). The predicted octanol–water partition coefficient (Wildman–Crippen LogP) is 4.31. The van der Waals surface area contributed by atoms with Crippen LogP contribution in [0.4, 0.5) is 0 Å². The third-order valence-electron chi connectivity index (χ3n) is 2.92.